The van der Waals surface area contributed by atoms with Crippen LogP contribution in [0.3, 0.4) is 0 Å². The highest BCUT2D eigenvalue weighted by Gasteiger charge is 2.39. The lowest BCUT2D eigenvalue weighted by Gasteiger charge is -2.44. The van der Waals surface area contributed by atoms with Crippen molar-refractivity contribution in [1.29, 1.82) is 0 Å². The lowest BCUT2D eigenvalue weighted by Crippen LogP contribution is -2.48. The predicted molar refractivity (Wildman–Crippen MR) is 121 cm³/mol. The average Bonchev–Trinajstić information content (AvgIpc) is 2.71. The third-order valence-electron chi connectivity index (χ3n) is 5.89. The highest BCUT2D eigenvalue weighted by Crippen LogP contribution is 2.42. The first-order valence-corrected chi connectivity index (χ1v) is 10.7. The van der Waals surface area contributed by atoms with Crippen molar-refractivity contribution < 1.29 is 22.4 Å². The summed E-state index contributed by atoms with van der Waals surface area (Å²) in [5.41, 5.74) is -0.262. The molecule has 0 spiro atoms. The van der Waals surface area contributed by atoms with E-state index in [4.69, 9.17) is 4.42 Å². The van der Waals surface area contributed by atoms with Gasteiger partial charge in [-0.2, -0.15) is 0 Å². The van der Waals surface area contributed by atoms with E-state index >= 15 is 8.78 Å². The van der Waals surface area contributed by atoms with Crippen LogP contribution in [0.4, 0.5) is 13.2 Å². The number of hydrogen-bond acceptors (Lipinski definition) is 4. The molecule has 0 radical (unpaired) electrons. The summed E-state index contributed by atoms with van der Waals surface area (Å²) in [7, 11) is 0. The van der Waals surface area contributed by atoms with Gasteiger partial charge in [0.2, 0.25) is 0 Å². The van der Waals surface area contributed by atoms with Gasteiger partial charge in [-0.15, -0.1) is 0 Å². The SMILES string of the molecule is CC1Cc2cc3oc(=O)ccc3cc2C(c2c(F)cc(/C=C/C=O)cc2F)N1CC(C)(C)F. The van der Waals surface area contributed by atoms with Gasteiger partial charge in [0.25, 0.3) is 0 Å². The Kier molecular flexibility index (Phi) is 6.01. The second-order valence-corrected chi connectivity index (χ2v) is 9.08. The highest BCUT2D eigenvalue weighted by molar-refractivity contribution is 5.79. The van der Waals surface area contributed by atoms with E-state index in [0.717, 1.165) is 23.8 Å². The Morgan fingerprint density at radius 1 is 1.15 bits per heavy atom. The van der Waals surface area contributed by atoms with E-state index in [-0.39, 0.29) is 23.7 Å². The Morgan fingerprint density at radius 2 is 1.85 bits per heavy atom. The van der Waals surface area contributed by atoms with Gasteiger partial charge in [0, 0.05) is 29.6 Å². The fourth-order valence-electron chi connectivity index (χ4n) is 4.59. The number of alkyl halides is 1. The van der Waals surface area contributed by atoms with Gasteiger partial charge >= 0.3 is 5.63 Å². The quantitative estimate of drug-likeness (QED) is 0.295. The normalized spacial score (nSPS) is 19.2. The Hall–Kier alpha value is -3.19. The fourth-order valence-corrected chi connectivity index (χ4v) is 4.59. The third-order valence-corrected chi connectivity index (χ3v) is 5.89. The van der Waals surface area contributed by atoms with Crippen molar-refractivity contribution in [3.8, 4) is 0 Å². The maximum Gasteiger partial charge on any atom is 0.336 e. The molecule has 33 heavy (non-hydrogen) atoms. The second kappa shape index (κ2) is 8.63. The Labute approximate surface area is 189 Å². The van der Waals surface area contributed by atoms with Crippen LogP contribution in [0.5, 0.6) is 0 Å². The lowest BCUT2D eigenvalue weighted by molar-refractivity contribution is -0.104. The minimum absolute atomic E-state index is 0.0359. The van der Waals surface area contributed by atoms with Crippen LogP contribution in [0.25, 0.3) is 17.0 Å². The zero-order valence-electron chi connectivity index (χ0n) is 18.6. The van der Waals surface area contributed by atoms with Crippen LogP contribution in [0.15, 0.2) is 51.7 Å². The molecule has 0 aliphatic carbocycles. The molecule has 4 rings (SSSR count). The molecule has 2 atom stereocenters. The second-order valence-electron chi connectivity index (χ2n) is 9.08. The first-order chi connectivity index (χ1) is 15.6. The summed E-state index contributed by atoms with van der Waals surface area (Å²) in [4.78, 5) is 24.0. The van der Waals surface area contributed by atoms with Crippen LogP contribution in [0.2, 0.25) is 0 Å². The molecule has 172 valence electrons. The van der Waals surface area contributed by atoms with Crippen molar-refractivity contribution >= 4 is 23.3 Å². The number of carbonyl (C=O) groups excluding carboxylic acids is 1. The molecule has 2 unspecified atom stereocenters. The third kappa shape index (κ3) is 4.64. The van der Waals surface area contributed by atoms with Gasteiger partial charge in [0.1, 0.15) is 29.2 Å². The number of nitrogens with zero attached hydrogens (tertiary/aromatic N) is 1. The summed E-state index contributed by atoms with van der Waals surface area (Å²) in [6, 6.07) is 7.56. The van der Waals surface area contributed by atoms with Crippen molar-refractivity contribution in [2.45, 2.75) is 44.9 Å². The van der Waals surface area contributed by atoms with Gasteiger partial charge in [-0.25, -0.2) is 18.0 Å². The van der Waals surface area contributed by atoms with E-state index < -0.39 is 29.0 Å². The average molecular weight is 455 g/mol. The summed E-state index contributed by atoms with van der Waals surface area (Å²) < 4.78 is 50.8. The topological polar surface area (TPSA) is 50.5 Å². The number of allylic oxidation sites excluding steroid dienone is 1. The number of hydrogen-bond donors (Lipinski definition) is 0. The molecule has 1 aliphatic heterocycles. The Morgan fingerprint density at radius 3 is 2.48 bits per heavy atom. The van der Waals surface area contributed by atoms with E-state index in [1.165, 1.54) is 26.0 Å². The minimum Gasteiger partial charge on any atom is -0.423 e. The molecule has 3 aromatic rings. The molecular weight excluding hydrogens is 431 g/mol. The number of aldehydes is 1. The van der Waals surface area contributed by atoms with Crippen molar-refractivity contribution in [2.24, 2.45) is 0 Å². The van der Waals surface area contributed by atoms with E-state index in [1.54, 1.807) is 23.1 Å². The minimum atomic E-state index is -1.60. The Balaban J connectivity index is 1.96. The van der Waals surface area contributed by atoms with E-state index in [9.17, 15) is 14.0 Å². The van der Waals surface area contributed by atoms with Crippen LogP contribution in [0, 0.1) is 11.6 Å². The van der Waals surface area contributed by atoms with E-state index in [2.05, 4.69) is 0 Å². The summed E-state index contributed by atoms with van der Waals surface area (Å²) in [6.45, 7) is 4.71. The summed E-state index contributed by atoms with van der Waals surface area (Å²) in [5.74, 6) is -1.57. The van der Waals surface area contributed by atoms with Gasteiger partial charge in [-0.1, -0.05) is 6.08 Å². The molecule has 0 bridgehead atoms. The highest BCUT2D eigenvalue weighted by atomic mass is 19.1. The van der Waals surface area contributed by atoms with Gasteiger partial charge in [0.05, 0.1) is 6.04 Å². The predicted octanol–water partition coefficient (Wildman–Crippen LogP) is 5.37. The van der Waals surface area contributed by atoms with Gasteiger partial charge in [-0.3, -0.25) is 9.69 Å². The van der Waals surface area contributed by atoms with Gasteiger partial charge < -0.3 is 4.42 Å². The van der Waals surface area contributed by atoms with Crippen molar-refractivity contribution in [3.05, 3.63) is 86.8 Å². The lowest BCUT2D eigenvalue weighted by atomic mass is 9.83. The number of halogens is 3. The van der Waals surface area contributed by atoms with Crippen LogP contribution >= 0.6 is 0 Å². The number of carbonyl (C=O) groups is 1. The van der Waals surface area contributed by atoms with Gasteiger partial charge in [-0.05, 0) is 80.3 Å². The Bertz CT molecular complexity index is 1280. The molecule has 0 fully saturated rings. The monoisotopic (exact) mass is 455 g/mol. The molecule has 1 aliphatic rings. The zero-order valence-corrected chi connectivity index (χ0v) is 18.6. The van der Waals surface area contributed by atoms with Crippen LogP contribution in [0.1, 0.15) is 49.1 Å². The summed E-state index contributed by atoms with van der Waals surface area (Å²) >= 11 is 0. The molecule has 0 amide bonds. The molecule has 7 heteroatoms. The molecule has 2 aromatic carbocycles. The van der Waals surface area contributed by atoms with Gasteiger partial charge in [0.15, 0.2) is 0 Å². The standard InChI is InChI=1S/C26H24F3NO3/c1-15-9-18-13-22-17(6-7-23(32)33-22)12-19(18)25(30(15)14-26(2,3)29)24-20(27)10-16(5-4-8-31)11-21(24)28/h4-8,10-13,15,25H,9,14H2,1-3H3/b5-4+. The fraction of sp³-hybridized carbons (Fsp3) is 0.308. The molecule has 4 nitrogen and oxygen atoms in total. The van der Waals surface area contributed by atoms with E-state index in [1.807, 2.05) is 6.92 Å². The molecule has 0 saturated carbocycles. The number of benzene rings is 2. The zero-order chi connectivity index (χ0) is 23.9. The first-order valence-electron chi connectivity index (χ1n) is 10.7. The number of fused-ring (bicyclic) bond motifs is 2. The van der Waals surface area contributed by atoms with Crippen molar-refractivity contribution in [2.75, 3.05) is 6.54 Å². The van der Waals surface area contributed by atoms with Crippen LogP contribution < -0.4 is 5.63 Å². The van der Waals surface area contributed by atoms with E-state index in [0.29, 0.717) is 29.2 Å². The molecule has 0 saturated heterocycles. The van der Waals surface area contributed by atoms with Crippen molar-refractivity contribution in [3.63, 3.8) is 0 Å². The van der Waals surface area contributed by atoms with Crippen molar-refractivity contribution in [1.82, 2.24) is 4.90 Å². The summed E-state index contributed by atoms with van der Waals surface area (Å²) in [5, 5.41) is 0.610. The smallest absolute Gasteiger partial charge is 0.336 e. The maximum absolute atomic E-state index is 15.4. The molecule has 0 N–H and O–H groups in total. The maximum atomic E-state index is 15.4. The number of rotatable bonds is 5. The molecular formula is C26H24F3NO3. The van der Waals surface area contributed by atoms with Crippen LogP contribution in [-0.2, 0) is 11.2 Å². The first kappa shape index (κ1) is 23.0. The molecule has 2 heterocycles. The van der Waals surface area contributed by atoms with Crippen LogP contribution in [-0.4, -0.2) is 29.4 Å². The molecule has 1 aromatic heterocycles. The summed E-state index contributed by atoms with van der Waals surface area (Å²) in [6.07, 6.45) is 3.50. The largest absolute Gasteiger partial charge is 0.423 e.